The number of carbonyl (C=O) groups excluding carboxylic acids is 3. The number of benzene rings is 2. The van der Waals surface area contributed by atoms with Crippen LogP contribution < -0.4 is 10.6 Å². The van der Waals surface area contributed by atoms with Gasteiger partial charge in [0, 0.05) is 30.6 Å². The number of nitrogens with zero attached hydrogens (tertiary/aromatic N) is 1. The van der Waals surface area contributed by atoms with E-state index in [1.165, 1.54) is 0 Å². The highest BCUT2D eigenvalue weighted by molar-refractivity contribution is 6.04. The smallest absolute Gasteiger partial charge is 0.253 e. The molecule has 168 valence electrons. The minimum Gasteiger partial charge on any atom is -0.347 e. The van der Waals surface area contributed by atoms with Crippen LogP contribution in [-0.4, -0.2) is 41.2 Å². The molecule has 6 nitrogen and oxygen atoms in total. The molecule has 2 N–H and O–H groups in total. The van der Waals surface area contributed by atoms with Gasteiger partial charge >= 0.3 is 0 Å². The maximum absolute atomic E-state index is 12.9. The van der Waals surface area contributed by atoms with Gasteiger partial charge in [-0.05, 0) is 57.4 Å². The molecule has 0 bridgehead atoms. The molecule has 0 atom stereocenters. The molecule has 3 amide bonds. The van der Waals surface area contributed by atoms with Gasteiger partial charge in [-0.15, -0.1) is 0 Å². The summed E-state index contributed by atoms with van der Waals surface area (Å²) in [4.78, 5) is 39.7. The first-order valence-corrected chi connectivity index (χ1v) is 11.0. The molecule has 1 fully saturated rings. The van der Waals surface area contributed by atoms with E-state index in [2.05, 4.69) is 10.6 Å². The Kier molecular flexibility index (Phi) is 7.46. The van der Waals surface area contributed by atoms with Gasteiger partial charge in [-0.25, -0.2) is 0 Å². The third-order valence-corrected chi connectivity index (χ3v) is 5.31. The van der Waals surface area contributed by atoms with E-state index in [1.54, 1.807) is 41.3 Å². The minimum atomic E-state index is -0.372. The number of likely N-dealkylation sites (tertiary alicyclic amines) is 1. The van der Waals surface area contributed by atoms with Crippen molar-refractivity contribution in [1.29, 1.82) is 0 Å². The number of piperidine rings is 1. The Labute approximate surface area is 189 Å². The summed E-state index contributed by atoms with van der Waals surface area (Å²) in [6.45, 7) is 6.80. The summed E-state index contributed by atoms with van der Waals surface area (Å²) in [5.74, 6) is -0.584. The van der Waals surface area contributed by atoms with E-state index in [4.69, 9.17) is 0 Å². The van der Waals surface area contributed by atoms with Crippen LogP contribution in [0, 0.1) is 5.92 Å². The van der Waals surface area contributed by atoms with Crippen LogP contribution in [0.5, 0.6) is 0 Å². The zero-order valence-corrected chi connectivity index (χ0v) is 18.9. The summed E-state index contributed by atoms with van der Waals surface area (Å²) in [7, 11) is 0. The van der Waals surface area contributed by atoms with Gasteiger partial charge in [0.2, 0.25) is 11.8 Å². The summed E-state index contributed by atoms with van der Waals surface area (Å²) in [5, 5.41) is 5.85. The Morgan fingerprint density at radius 1 is 0.938 bits per heavy atom. The summed E-state index contributed by atoms with van der Waals surface area (Å²) >= 11 is 0. The van der Waals surface area contributed by atoms with Crippen molar-refractivity contribution in [3.63, 3.8) is 0 Å². The van der Waals surface area contributed by atoms with Gasteiger partial charge in [0.05, 0.1) is 11.3 Å². The van der Waals surface area contributed by atoms with Crippen molar-refractivity contribution < 1.29 is 14.4 Å². The van der Waals surface area contributed by atoms with Crippen molar-refractivity contribution in [3.05, 3.63) is 71.8 Å². The van der Waals surface area contributed by atoms with Crippen LogP contribution in [-0.2, 0) is 9.59 Å². The lowest BCUT2D eigenvalue weighted by Gasteiger charge is -2.30. The SMILES string of the molecule is CC(C)(C)NC(=O)c1ccccc1NC(=O)C1CCN(C(=O)C=Cc2ccccc2)CC1. The van der Waals surface area contributed by atoms with Crippen molar-refractivity contribution in [2.75, 3.05) is 18.4 Å². The fourth-order valence-corrected chi connectivity index (χ4v) is 3.63. The molecule has 0 saturated carbocycles. The molecule has 3 rings (SSSR count). The first-order chi connectivity index (χ1) is 15.2. The minimum absolute atomic E-state index is 0.0445. The van der Waals surface area contributed by atoms with Crippen LogP contribution in [0.15, 0.2) is 60.7 Å². The average Bonchev–Trinajstić information content (AvgIpc) is 2.77. The standard InChI is InChI=1S/C26H31N3O3/c1-26(2,3)28-25(32)21-11-7-8-12-22(21)27-24(31)20-15-17-29(18-16-20)23(30)14-13-19-9-5-4-6-10-19/h4-14,20H,15-18H2,1-3H3,(H,27,31)(H,28,32). The molecular weight excluding hydrogens is 402 g/mol. The molecule has 2 aromatic carbocycles. The Morgan fingerprint density at radius 2 is 1.56 bits per heavy atom. The molecule has 0 spiro atoms. The van der Waals surface area contributed by atoms with Crippen LogP contribution in [0.25, 0.3) is 6.08 Å². The number of anilines is 1. The maximum atomic E-state index is 12.9. The predicted molar refractivity (Wildman–Crippen MR) is 127 cm³/mol. The highest BCUT2D eigenvalue weighted by atomic mass is 16.2. The lowest BCUT2D eigenvalue weighted by molar-refractivity contribution is -0.130. The van der Waals surface area contributed by atoms with Crippen LogP contribution in [0.2, 0.25) is 0 Å². The largest absolute Gasteiger partial charge is 0.347 e. The first kappa shape index (κ1) is 23.3. The van der Waals surface area contributed by atoms with E-state index in [9.17, 15) is 14.4 Å². The molecule has 1 heterocycles. The van der Waals surface area contributed by atoms with Crippen LogP contribution in [0.3, 0.4) is 0 Å². The number of amides is 3. The monoisotopic (exact) mass is 433 g/mol. The van der Waals surface area contributed by atoms with Gasteiger partial charge in [0.25, 0.3) is 5.91 Å². The number of nitrogens with one attached hydrogen (secondary N) is 2. The van der Waals surface area contributed by atoms with Crippen LogP contribution >= 0.6 is 0 Å². The molecule has 0 unspecified atom stereocenters. The first-order valence-electron chi connectivity index (χ1n) is 11.0. The van der Waals surface area contributed by atoms with Crippen molar-refractivity contribution >= 4 is 29.5 Å². The van der Waals surface area contributed by atoms with Crippen molar-refractivity contribution in [2.45, 2.75) is 39.2 Å². The number of rotatable bonds is 5. The third-order valence-electron chi connectivity index (χ3n) is 5.31. The van der Waals surface area contributed by atoms with Gasteiger partial charge in [-0.3, -0.25) is 14.4 Å². The molecule has 1 aliphatic heterocycles. The zero-order valence-electron chi connectivity index (χ0n) is 18.9. The van der Waals surface area contributed by atoms with Gasteiger partial charge in [0.1, 0.15) is 0 Å². The van der Waals surface area contributed by atoms with E-state index in [-0.39, 0.29) is 29.2 Å². The zero-order chi connectivity index (χ0) is 23.1. The average molecular weight is 434 g/mol. The second kappa shape index (κ2) is 10.3. The Hall–Kier alpha value is -3.41. The molecule has 0 radical (unpaired) electrons. The topological polar surface area (TPSA) is 78.5 Å². The maximum Gasteiger partial charge on any atom is 0.253 e. The number of hydrogen-bond donors (Lipinski definition) is 2. The van der Waals surface area contributed by atoms with Crippen LogP contribution in [0.4, 0.5) is 5.69 Å². The van der Waals surface area contributed by atoms with E-state index in [1.807, 2.05) is 51.1 Å². The lowest BCUT2D eigenvalue weighted by atomic mass is 9.95. The number of hydrogen-bond acceptors (Lipinski definition) is 3. The van der Waals surface area contributed by atoms with E-state index < -0.39 is 0 Å². The van der Waals surface area contributed by atoms with Crippen molar-refractivity contribution in [2.24, 2.45) is 5.92 Å². The molecule has 0 aromatic heterocycles. The van der Waals surface area contributed by atoms with Crippen molar-refractivity contribution in [1.82, 2.24) is 10.2 Å². The van der Waals surface area contributed by atoms with Gasteiger partial charge in [-0.2, -0.15) is 0 Å². The predicted octanol–water partition coefficient (Wildman–Crippen LogP) is 4.11. The summed E-state index contributed by atoms with van der Waals surface area (Å²) in [6.07, 6.45) is 4.57. The quantitative estimate of drug-likeness (QED) is 0.697. The second-order valence-corrected chi connectivity index (χ2v) is 9.08. The van der Waals surface area contributed by atoms with E-state index in [0.29, 0.717) is 37.2 Å². The second-order valence-electron chi connectivity index (χ2n) is 9.08. The summed E-state index contributed by atoms with van der Waals surface area (Å²) < 4.78 is 0. The highest BCUT2D eigenvalue weighted by Crippen LogP contribution is 2.22. The molecule has 1 aliphatic rings. The Balaban J connectivity index is 1.56. The third kappa shape index (κ3) is 6.54. The van der Waals surface area contributed by atoms with Crippen LogP contribution in [0.1, 0.15) is 49.5 Å². The van der Waals surface area contributed by atoms with E-state index in [0.717, 1.165) is 5.56 Å². The van der Waals surface area contributed by atoms with Gasteiger partial charge in [0.15, 0.2) is 0 Å². The fraction of sp³-hybridized carbons (Fsp3) is 0.346. The Morgan fingerprint density at radius 3 is 2.22 bits per heavy atom. The normalized spacial score (nSPS) is 14.9. The van der Waals surface area contributed by atoms with Gasteiger partial charge in [-0.1, -0.05) is 42.5 Å². The van der Waals surface area contributed by atoms with E-state index >= 15 is 0 Å². The summed E-state index contributed by atoms with van der Waals surface area (Å²) in [6, 6.07) is 16.7. The molecule has 6 heteroatoms. The molecule has 0 aliphatic carbocycles. The number of carbonyl (C=O) groups is 3. The highest BCUT2D eigenvalue weighted by Gasteiger charge is 2.27. The summed E-state index contributed by atoms with van der Waals surface area (Å²) in [5.41, 5.74) is 1.55. The molecule has 32 heavy (non-hydrogen) atoms. The molecule has 2 aromatic rings. The Bertz CT molecular complexity index is 985. The van der Waals surface area contributed by atoms with Gasteiger partial charge < -0.3 is 15.5 Å². The van der Waals surface area contributed by atoms with Crippen molar-refractivity contribution in [3.8, 4) is 0 Å². The lowest BCUT2D eigenvalue weighted by Crippen LogP contribution is -2.42. The molecular formula is C26H31N3O3. The fourth-order valence-electron chi connectivity index (χ4n) is 3.63. The molecule has 1 saturated heterocycles. The number of para-hydroxylation sites is 1.